The van der Waals surface area contributed by atoms with Crippen LogP contribution in [0.15, 0.2) is 50.4 Å². The standard InChI is InChI=1S/C18H15BrN2O3/c1-10-3-5-14-11(2)17(24-16(14)7-10)18(23)21-20-9-12-8-13(19)4-6-15(12)22/h3-9,22H,1-2H3,(H,21,23)/b20-9+. The van der Waals surface area contributed by atoms with Gasteiger partial charge in [-0.05, 0) is 43.7 Å². The van der Waals surface area contributed by atoms with Gasteiger partial charge in [0.2, 0.25) is 0 Å². The zero-order chi connectivity index (χ0) is 17.3. The number of amides is 1. The van der Waals surface area contributed by atoms with Crippen molar-refractivity contribution in [2.24, 2.45) is 5.10 Å². The molecule has 122 valence electrons. The molecule has 0 unspecified atom stereocenters. The SMILES string of the molecule is Cc1ccc2c(C)c(C(=O)N/N=C/c3cc(Br)ccc3O)oc2c1. The summed E-state index contributed by atoms with van der Waals surface area (Å²) in [5.41, 5.74) is 5.41. The second-order valence-corrected chi connectivity index (χ2v) is 6.37. The molecule has 0 saturated carbocycles. The van der Waals surface area contributed by atoms with Gasteiger partial charge in [-0.25, -0.2) is 5.43 Å². The minimum Gasteiger partial charge on any atom is -0.507 e. The summed E-state index contributed by atoms with van der Waals surface area (Å²) in [4.78, 5) is 12.3. The summed E-state index contributed by atoms with van der Waals surface area (Å²) in [5.74, 6) is -0.134. The van der Waals surface area contributed by atoms with Gasteiger partial charge in [0.15, 0.2) is 5.76 Å². The molecule has 1 heterocycles. The monoisotopic (exact) mass is 386 g/mol. The van der Waals surface area contributed by atoms with Gasteiger partial charge in [0, 0.05) is 21.0 Å². The van der Waals surface area contributed by atoms with E-state index < -0.39 is 5.91 Å². The molecule has 0 aliphatic carbocycles. The van der Waals surface area contributed by atoms with Crippen LogP contribution < -0.4 is 5.43 Å². The van der Waals surface area contributed by atoms with Crippen molar-refractivity contribution < 1.29 is 14.3 Å². The molecule has 0 saturated heterocycles. The minimum atomic E-state index is -0.438. The number of hydrogen-bond donors (Lipinski definition) is 2. The summed E-state index contributed by atoms with van der Waals surface area (Å²) < 4.78 is 6.45. The number of furan rings is 1. The van der Waals surface area contributed by atoms with E-state index in [0.717, 1.165) is 21.0 Å². The number of phenolic OH excluding ortho intramolecular Hbond substituents is 1. The number of aryl methyl sites for hydroxylation is 2. The van der Waals surface area contributed by atoms with E-state index in [0.29, 0.717) is 11.1 Å². The molecule has 0 bridgehead atoms. The highest BCUT2D eigenvalue weighted by atomic mass is 79.9. The molecule has 0 aliphatic heterocycles. The van der Waals surface area contributed by atoms with Gasteiger partial charge in [-0.1, -0.05) is 28.1 Å². The normalized spacial score (nSPS) is 11.3. The van der Waals surface area contributed by atoms with Crippen LogP contribution in [0.5, 0.6) is 5.75 Å². The summed E-state index contributed by atoms with van der Waals surface area (Å²) >= 11 is 3.31. The van der Waals surface area contributed by atoms with Gasteiger partial charge in [0.05, 0.1) is 6.21 Å². The van der Waals surface area contributed by atoms with E-state index in [1.54, 1.807) is 18.2 Å². The Morgan fingerprint density at radius 3 is 2.83 bits per heavy atom. The maximum absolute atomic E-state index is 12.3. The van der Waals surface area contributed by atoms with Gasteiger partial charge in [-0.15, -0.1) is 0 Å². The molecule has 2 aromatic carbocycles. The highest BCUT2D eigenvalue weighted by Crippen LogP contribution is 2.26. The largest absolute Gasteiger partial charge is 0.507 e. The predicted molar refractivity (Wildman–Crippen MR) is 96.6 cm³/mol. The Bertz CT molecular complexity index is 960. The number of fused-ring (bicyclic) bond motifs is 1. The first-order chi connectivity index (χ1) is 11.5. The number of phenols is 1. The van der Waals surface area contributed by atoms with E-state index >= 15 is 0 Å². The highest BCUT2D eigenvalue weighted by molar-refractivity contribution is 9.10. The molecule has 0 radical (unpaired) electrons. The van der Waals surface area contributed by atoms with Crippen molar-refractivity contribution in [2.75, 3.05) is 0 Å². The van der Waals surface area contributed by atoms with Crippen LogP contribution in [0, 0.1) is 13.8 Å². The lowest BCUT2D eigenvalue weighted by molar-refractivity contribution is 0.0928. The quantitative estimate of drug-likeness (QED) is 0.520. The lowest BCUT2D eigenvalue weighted by Gasteiger charge is -2.00. The smallest absolute Gasteiger partial charge is 0.307 e. The van der Waals surface area contributed by atoms with E-state index in [9.17, 15) is 9.90 Å². The summed E-state index contributed by atoms with van der Waals surface area (Å²) in [6.45, 7) is 3.80. The van der Waals surface area contributed by atoms with Crippen LogP contribution in [0.2, 0.25) is 0 Å². The average Bonchev–Trinajstić information content (AvgIpc) is 2.87. The van der Waals surface area contributed by atoms with Gasteiger partial charge in [0.25, 0.3) is 0 Å². The molecule has 5 nitrogen and oxygen atoms in total. The van der Waals surface area contributed by atoms with Gasteiger partial charge in [0.1, 0.15) is 11.3 Å². The highest BCUT2D eigenvalue weighted by Gasteiger charge is 2.17. The molecule has 1 amide bonds. The fourth-order valence-corrected chi connectivity index (χ4v) is 2.77. The van der Waals surface area contributed by atoms with Crippen LogP contribution in [0.3, 0.4) is 0 Å². The molecule has 0 atom stereocenters. The van der Waals surface area contributed by atoms with Crippen LogP contribution in [-0.2, 0) is 0 Å². The molecule has 3 aromatic rings. The fraction of sp³-hybridized carbons (Fsp3) is 0.111. The second-order valence-electron chi connectivity index (χ2n) is 5.46. The molecule has 0 aliphatic rings. The first-order valence-corrected chi connectivity index (χ1v) is 8.06. The van der Waals surface area contributed by atoms with E-state index in [1.807, 2.05) is 32.0 Å². The van der Waals surface area contributed by atoms with Gasteiger partial charge >= 0.3 is 5.91 Å². The lowest BCUT2D eigenvalue weighted by Crippen LogP contribution is -2.17. The van der Waals surface area contributed by atoms with Gasteiger partial charge in [-0.2, -0.15) is 5.10 Å². The Morgan fingerprint density at radius 2 is 2.04 bits per heavy atom. The number of nitrogens with zero attached hydrogens (tertiary/aromatic N) is 1. The number of carbonyl (C=O) groups is 1. The van der Waals surface area contributed by atoms with Crippen molar-refractivity contribution in [3.8, 4) is 5.75 Å². The van der Waals surface area contributed by atoms with E-state index in [1.165, 1.54) is 6.21 Å². The maximum atomic E-state index is 12.3. The van der Waals surface area contributed by atoms with Crippen molar-refractivity contribution in [1.82, 2.24) is 5.43 Å². The number of nitrogens with one attached hydrogen (secondary N) is 1. The summed E-state index contributed by atoms with van der Waals surface area (Å²) in [7, 11) is 0. The molecule has 1 aromatic heterocycles. The van der Waals surface area contributed by atoms with Crippen molar-refractivity contribution in [1.29, 1.82) is 0 Å². The third-order valence-electron chi connectivity index (χ3n) is 3.66. The molecule has 2 N–H and O–H groups in total. The fourth-order valence-electron chi connectivity index (χ4n) is 2.39. The number of rotatable bonds is 3. The molecule has 0 spiro atoms. The maximum Gasteiger partial charge on any atom is 0.307 e. The number of aromatic hydroxyl groups is 1. The van der Waals surface area contributed by atoms with Crippen molar-refractivity contribution in [3.63, 3.8) is 0 Å². The minimum absolute atomic E-state index is 0.0755. The summed E-state index contributed by atoms with van der Waals surface area (Å²) in [6, 6.07) is 10.7. The van der Waals surface area contributed by atoms with Crippen LogP contribution in [0.1, 0.15) is 27.2 Å². The van der Waals surface area contributed by atoms with Crippen molar-refractivity contribution in [2.45, 2.75) is 13.8 Å². The molecule has 3 rings (SSSR count). The van der Waals surface area contributed by atoms with Crippen LogP contribution >= 0.6 is 15.9 Å². The first kappa shape index (κ1) is 16.3. The molecular formula is C18H15BrN2O3. The zero-order valence-electron chi connectivity index (χ0n) is 13.1. The van der Waals surface area contributed by atoms with Gasteiger partial charge < -0.3 is 9.52 Å². The Hall–Kier alpha value is -2.60. The lowest BCUT2D eigenvalue weighted by atomic mass is 10.1. The summed E-state index contributed by atoms with van der Waals surface area (Å²) in [5, 5.41) is 14.5. The number of benzene rings is 2. The molecular weight excluding hydrogens is 372 g/mol. The van der Waals surface area contributed by atoms with Crippen LogP contribution in [-0.4, -0.2) is 17.2 Å². The summed E-state index contributed by atoms with van der Waals surface area (Å²) in [6.07, 6.45) is 1.38. The number of hydrazone groups is 1. The Morgan fingerprint density at radius 1 is 1.25 bits per heavy atom. The number of hydrogen-bond acceptors (Lipinski definition) is 4. The average molecular weight is 387 g/mol. The van der Waals surface area contributed by atoms with E-state index in [2.05, 4.69) is 26.5 Å². The molecule has 24 heavy (non-hydrogen) atoms. The van der Waals surface area contributed by atoms with E-state index in [-0.39, 0.29) is 11.5 Å². The van der Waals surface area contributed by atoms with Crippen LogP contribution in [0.4, 0.5) is 0 Å². The Labute approximate surface area is 147 Å². The van der Waals surface area contributed by atoms with Crippen LogP contribution in [0.25, 0.3) is 11.0 Å². The third kappa shape index (κ3) is 3.19. The molecule has 0 fully saturated rings. The van der Waals surface area contributed by atoms with Gasteiger partial charge in [-0.3, -0.25) is 4.79 Å². The Kier molecular flexibility index (Phi) is 4.40. The third-order valence-corrected chi connectivity index (χ3v) is 4.15. The first-order valence-electron chi connectivity index (χ1n) is 7.27. The second kappa shape index (κ2) is 6.49. The van der Waals surface area contributed by atoms with E-state index in [4.69, 9.17) is 4.42 Å². The van der Waals surface area contributed by atoms with Crippen molar-refractivity contribution >= 4 is 39.0 Å². The zero-order valence-corrected chi connectivity index (χ0v) is 14.7. The predicted octanol–water partition coefficient (Wildman–Crippen LogP) is 4.28. The molecule has 6 heteroatoms. The number of halogens is 1. The number of carbonyl (C=O) groups excluding carboxylic acids is 1. The topological polar surface area (TPSA) is 74.8 Å². The van der Waals surface area contributed by atoms with Crippen molar-refractivity contribution in [3.05, 3.63) is 63.3 Å². The Balaban J connectivity index is 1.81.